The van der Waals surface area contributed by atoms with E-state index >= 15 is 0 Å². The highest BCUT2D eigenvalue weighted by Gasteiger charge is 2.17. The zero-order valence-corrected chi connectivity index (χ0v) is 22.1. The number of ether oxygens (including phenoxy) is 2. The summed E-state index contributed by atoms with van der Waals surface area (Å²) in [6, 6.07) is 21.0. The molecule has 5 heteroatoms. The molecule has 3 N–H and O–H groups in total. The van der Waals surface area contributed by atoms with E-state index in [2.05, 4.69) is 67.5 Å². The SMILES string of the molecule is Cc1cc(C)c(CNCc2cccc(Oc3ccc4nc(N)c(CC5CCOCC5)cc4c3)c2)c(C)c1. The number of benzene rings is 3. The number of aryl methyl sites for hydroxylation is 3. The Morgan fingerprint density at radius 3 is 2.46 bits per heavy atom. The molecule has 3 aromatic carbocycles. The molecule has 37 heavy (non-hydrogen) atoms. The van der Waals surface area contributed by atoms with Gasteiger partial charge in [0.15, 0.2) is 0 Å². The second-order valence-electron chi connectivity index (χ2n) is 10.4. The molecule has 4 aromatic rings. The maximum Gasteiger partial charge on any atom is 0.128 e. The van der Waals surface area contributed by atoms with Crippen molar-refractivity contribution in [1.29, 1.82) is 0 Å². The molecular weight excluding hydrogens is 458 g/mol. The zero-order chi connectivity index (χ0) is 25.8. The second-order valence-corrected chi connectivity index (χ2v) is 10.4. The summed E-state index contributed by atoms with van der Waals surface area (Å²) < 4.78 is 11.8. The van der Waals surface area contributed by atoms with Crippen LogP contribution in [-0.4, -0.2) is 18.2 Å². The highest BCUT2D eigenvalue weighted by molar-refractivity contribution is 5.83. The number of nitrogens with one attached hydrogen (secondary N) is 1. The molecule has 0 saturated carbocycles. The Morgan fingerprint density at radius 2 is 1.68 bits per heavy atom. The van der Waals surface area contributed by atoms with Crippen molar-refractivity contribution in [3.05, 3.63) is 94.0 Å². The lowest BCUT2D eigenvalue weighted by Gasteiger charge is -2.22. The number of hydrogen-bond acceptors (Lipinski definition) is 5. The molecule has 1 fully saturated rings. The van der Waals surface area contributed by atoms with E-state index in [0.29, 0.717) is 11.7 Å². The van der Waals surface area contributed by atoms with Crippen LogP contribution in [0.4, 0.5) is 5.82 Å². The van der Waals surface area contributed by atoms with E-state index in [-0.39, 0.29) is 0 Å². The average molecular weight is 496 g/mol. The Labute approximate surface area is 220 Å². The molecule has 0 bridgehead atoms. The van der Waals surface area contributed by atoms with Crippen LogP contribution in [0.2, 0.25) is 0 Å². The van der Waals surface area contributed by atoms with Crippen LogP contribution in [-0.2, 0) is 24.2 Å². The van der Waals surface area contributed by atoms with E-state index in [1.165, 1.54) is 27.8 Å². The molecule has 0 radical (unpaired) electrons. The third-order valence-corrected chi connectivity index (χ3v) is 7.35. The van der Waals surface area contributed by atoms with Gasteiger partial charge in [-0.2, -0.15) is 0 Å². The molecule has 0 aliphatic carbocycles. The van der Waals surface area contributed by atoms with Gasteiger partial charge in [0.05, 0.1) is 5.52 Å². The fourth-order valence-electron chi connectivity index (χ4n) is 5.38. The Bertz CT molecular complexity index is 1370. The second kappa shape index (κ2) is 11.3. The maximum absolute atomic E-state index is 6.30. The summed E-state index contributed by atoms with van der Waals surface area (Å²) in [4.78, 5) is 4.66. The topological polar surface area (TPSA) is 69.4 Å². The average Bonchev–Trinajstić information content (AvgIpc) is 2.87. The van der Waals surface area contributed by atoms with Crippen LogP contribution in [0.25, 0.3) is 10.9 Å². The number of anilines is 1. The first kappa shape index (κ1) is 25.2. The van der Waals surface area contributed by atoms with Crippen molar-refractivity contribution in [2.45, 2.75) is 53.1 Å². The van der Waals surface area contributed by atoms with Gasteiger partial charge in [0.2, 0.25) is 0 Å². The van der Waals surface area contributed by atoms with Crippen LogP contribution < -0.4 is 15.8 Å². The minimum Gasteiger partial charge on any atom is -0.457 e. The van der Waals surface area contributed by atoms with E-state index in [1.807, 2.05) is 24.3 Å². The summed E-state index contributed by atoms with van der Waals surface area (Å²) in [5.41, 5.74) is 14.9. The van der Waals surface area contributed by atoms with Crippen molar-refractivity contribution in [2.75, 3.05) is 18.9 Å². The summed E-state index contributed by atoms with van der Waals surface area (Å²) in [5, 5.41) is 4.65. The summed E-state index contributed by atoms with van der Waals surface area (Å²) >= 11 is 0. The molecule has 1 aromatic heterocycles. The van der Waals surface area contributed by atoms with Gasteiger partial charge >= 0.3 is 0 Å². The number of fused-ring (bicyclic) bond motifs is 1. The molecule has 1 aliphatic heterocycles. The van der Waals surface area contributed by atoms with Crippen molar-refractivity contribution in [1.82, 2.24) is 10.3 Å². The lowest BCUT2D eigenvalue weighted by atomic mass is 9.92. The van der Waals surface area contributed by atoms with Gasteiger partial charge < -0.3 is 20.5 Å². The first-order valence-corrected chi connectivity index (χ1v) is 13.3. The minimum atomic E-state index is 0.602. The molecule has 5 rings (SSSR count). The molecule has 0 atom stereocenters. The standard InChI is InChI=1S/C32H37N3O2/c1-21-13-22(2)30(23(3)14-21)20-34-19-25-5-4-6-28(16-25)37-29-7-8-31-26(18-29)17-27(32(33)35-31)15-24-9-11-36-12-10-24/h4-8,13-14,16-18,24,34H,9-12,15,19-20H2,1-3H3,(H2,33,35). The van der Waals surface area contributed by atoms with Gasteiger partial charge in [-0.3, -0.25) is 0 Å². The Kier molecular flexibility index (Phi) is 7.73. The zero-order valence-electron chi connectivity index (χ0n) is 22.1. The smallest absolute Gasteiger partial charge is 0.128 e. The molecule has 5 nitrogen and oxygen atoms in total. The summed E-state index contributed by atoms with van der Waals surface area (Å²) in [7, 11) is 0. The fourth-order valence-corrected chi connectivity index (χ4v) is 5.38. The number of rotatable bonds is 8. The lowest BCUT2D eigenvalue weighted by molar-refractivity contribution is 0.0666. The highest BCUT2D eigenvalue weighted by Crippen LogP contribution is 2.29. The molecule has 2 heterocycles. The van der Waals surface area contributed by atoms with Crippen LogP contribution >= 0.6 is 0 Å². The van der Waals surface area contributed by atoms with Gasteiger partial charge in [-0.25, -0.2) is 4.98 Å². The summed E-state index contributed by atoms with van der Waals surface area (Å²) in [6.45, 7) is 9.82. The number of hydrogen-bond donors (Lipinski definition) is 2. The van der Waals surface area contributed by atoms with Crippen LogP contribution in [0.1, 0.15) is 46.2 Å². The molecule has 0 spiro atoms. The first-order chi connectivity index (χ1) is 17.9. The number of nitrogens with zero attached hydrogens (tertiary/aromatic N) is 1. The molecule has 1 saturated heterocycles. The quantitative estimate of drug-likeness (QED) is 0.282. The van der Waals surface area contributed by atoms with Crippen LogP contribution in [0.15, 0.2) is 60.7 Å². The molecule has 1 aliphatic rings. The van der Waals surface area contributed by atoms with E-state index in [4.69, 9.17) is 15.2 Å². The Morgan fingerprint density at radius 1 is 0.919 bits per heavy atom. The molecule has 0 amide bonds. The number of nitrogen functional groups attached to an aromatic ring is 1. The van der Waals surface area contributed by atoms with Gasteiger partial charge in [0, 0.05) is 31.7 Å². The molecule has 192 valence electrons. The van der Waals surface area contributed by atoms with Crippen molar-refractivity contribution in [2.24, 2.45) is 5.92 Å². The van der Waals surface area contributed by atoms with Crippen LogP contribution in [0, 0.1) is 26.7 Å². The van der Waals surface area contributed by atoms with Crippen molar-refractivity contribution >= 4 is 16.7 Å². The van der Waals surface area contributed by atoms with Crippen LogP contribution in [0.3, 0.4) is 0 Å². The predicted octanol–water partition coefficient (Wildman–Crippen LogP) is 6.79. The monoisotopic (exact) mass is 495 g/mol. The number of aromatic nitrogens is 1. The van der Waals surface area contributed by atoms with E-state index in [0.717, 1.165) is 73.5 Å². The van der Waals surface area contributed by atoms with Gasteiger partial charge in [0.1, 0.15) is 17.3 Å². The number of pyridine rings is 1. The third-order valence-electron chi connectivity index (χ3n) is 7.35. The minimum absolute atomic E-state index is 0.602. The fraction of sp³-hybridized carbons (Fsp3) is 0.344. The Balaban J connectivity index is 1.26. The van der Waals surface area contributed by atoms with Crippen LogP contribution in [0.5, 0.6) is 11.5 Å². The van der Waals surface area contributed by atoms with Gasteiger partial charge in [-0.1, -0.05) is 29.8 Å². The van der Waals surface area contributed by atoms with Crippen molar-refractivity contribution < 1.29 is 9.47 Å². The van der Waals surface area contributed by atoms with Gasteiger partial charge in [-0.05, 0) is 110 Å². The Hall–Kier alpha value is -3.41. The first-order valence-electron chi connectivity index (χ1n) is 13.3. The largest absolute Gasteiger partial charge is 0.457 e. The van der Waals surface area contributed by atoms with Crippen molar-refractivity contribution in [3.63, 3.8) is 0 Å². The summed E-state index contributed by atoms with van der Waals surface area (Å²) in [5.74, 6) is 2.85. The maximum atomic E-state index is 6.30. The summed E-state index contributed by atoms with van der Waals surface area (Å²) in [6.07, 6.45) is 3.10. The van der Waals surface area contributed by atoms with E-state index in [9.17, 15) is 0 Å². The third kappa shape index (κ3) is 6.30. The number of nitrogens with two attached hydrogens (primary N) is 1. The highest BCUT2D eigenvalue weighted by atomic mass is 16.5. The van der Waals surface area contributed by atoms with E-state index < -0.39 is 0 Å². The van der Waals surface area contributed by atoms with Gasteiger partial charge in [-0.15, -0.1) is 0 Å². The molecule has 0 unspecified atom stereocenters. The van der Waals surface area contributed by atoms with Crippen molar-refractivity contribution in [3.8, 4) is 11.5 Å². The normalized spacial score (nSPS) is 14.2. The predicted molar refractivity (Wildman–Crippen MR) is 151 cm³/mol. The van der Waals surface area contributed by atoms with E-state index in [1.54, 1.807) is 0 Å². The lowest BCUT2D eigenvalue weighted by Crippen LogP contribution is -2.18. The van der Waals surface area contributed by atoms with Gasteiger partial charge in [0.25, 0.3) is 0 Å². The molecular formula is C32H37N3O2.